The van der Waals surface area contributed by atoms with E-state index in [1.165, 1.54) is 3.57 Å². The lowest BCUT2D eigenvalue weighted by Gasteiger charge is -2.33. The lowest BCUT2D eigenvalue weighted by atomic mass is 10.1. The van der Waals surface area contributed by atoms with Crippen molar-refractivity contribution in [2.45, 2.75) is 18.9 Å². The van der Waals surface area contributed by atoms with Crippen LogP contribution in [0, 0.1) is 3.57 Å². The quantitative estimate of drug-likeness (QED) is 0.572. The van der Waals surface area contributed by atoms with Crippen LogP contribution in [-0.2, 0) is 0 Å². The number of nitrogens with zero attached hydrogens (tertiary/aromatic N) is 3. The molecule has 23 heavy (non-hydrogen) atoms. The van der Waals surface area contributed by atoms with Crippen molar-refractivity contribution in [1.82, 2.24) is 9.97 Å². The standard InChI is InChI=1S/C17H16IN3OS/c18-14-3-1-2-4-15(14)22-12-5-8-21(9-6-12)16-13-7-10-23-17(13)20-11-19-16/h1-4,7,10-12H,5-6,8-9H2. The van der Waals surface area contributed by atoms with Gasteiger partial charge in [0.1, 0.15) is 28.8 Å². The molecule has 6 heteroatoms. The second-order valence-corrected chi connectivity index (χ2v) is 7.63. The Kier molecular flexibility index (Phi) is 4.35. The molecule has 3 aromatic rings. The molecular formula is C17H16IN3OS. The minimum Gasteiger partial charge on any atom is -0.489 e. The van der Waals surface area contributed by atoms with Crippen molar-refractivity contribution >= 4 is 50.0 Å². The molecule has 0 aliphatic carbocycles. The Morgan fingerprint density at radius 1 is 1.13 bits per heavy atom. The summed E-state index contributed by atoms with van der Waals surface area (Å²) in [5.41, 5.74) is 0. The van der Waals surface area contributed by atoms with Crippen LogP contribution in [0.25, 0.3) is 10.2 Å². The van der Waals surface area contributed by atoms with E-state index in [-0.39, 0.29) is 6.10 Å². The van der Waals surface area contributed by atoms with Crippen LogP contribution in [-0.4, -0.2) is 29.2 Å². The molecule has 0 bridgehead atoms. The van der Waals surface area contributed by atoms with E-state index in [1.807, 2.05) is 18.2 Å². The van der Waals surface area contributed by atoms with Gasteiger partial charge >= 0.3 is 0 Å². The topological polar surface area (TPSA) is 38.2 Å². The van der Waals surface area contributed by atoms with Crippen LogP contribution in [0.4, 0.5) is 5.82 Å². The molecule has 4 nitrogen and oxygen atoms in total. The van der Waals surface area contributed by atoms with Crippen LogP contribution in [0.3, 0.4) is 0 Å². The zero-order valence-corrected chi connectivity index (χ0v) is 15.5. The number of halogens is 1. The average molecular weight is 437 g/mol. The zero-order valence-electron chi connectivity index (χ0n) is 12.5. The number of aromatic nitrogens is 2. The highest BCUT2D eigenvalue weighted by Gasteiger charge is 2.23. The molecule has 0 N–H and O–H groups in total. The van der Waals surface area contributed by atoms with Crippen molar-refractivity contribution in [2.24, 2.45) is 0 Å². The SMILES string of the molecule is Ic1ccccc1OC1CCN(c2ncnc3sccc23)CC1. The fourth-order valence-corrected chi connectivity index (χ4v) is 4.18. The van der Waals surface area contributed by atoms with Gasteiger partial charge in [0.2, 0.25) is 0 Å². The minimum atomic E-state index is 0.280. The van der Waals surface area contributed by atoms with E-state index in [0.29, 0.717) is 0 Å². The van der Waals surface area contributed by atoms with Crippen LogP contribution in [0.5, 0.6) is 5.75 Å². The highest BCUT2D eigenvalue weighted by Crippen LogP contribution is 2.30. The van der Waals surface area contributed by atoms with Gasteiger partial charge in [-0.05, 0) is 46.2 Å². The highest BCUT2D eigenvalue weighted by atomic mass is 127. The molecule has 0 atom stereocenters. The summed E-state index contributed by atoms with van der Waals surface area (Å²) in [6.45, 7) is 1.94. The number of hydrogen-bond acceptors (Lipinski definition) is 5. The van der Waals surface area contributed by atoms with Crippen molar-refractivity contribution in [3.8, 4) is 5.75 Å². The first-order valence-electron chi connectivity index (χ1n) is 7.65. The molecule has 1 aromatic carbocycles. The molecule has 0 unspecified atom stereocenters. The van der Waals surface area contributed by atoms with E-state index in [1.54, 1.807) is 17.7 Å². The van der Waals surface area contributed by atoms with Gasteiger partial charge in [-0.2, -0.15) is 0 Å². The molecule has 0 saturated carbocycles. The predicted molar refractivity (Wildman–Crippen MR) is 102 cm³/mol. The fraction of sp³-hybridized carbons (Fsp3) is 0.294. The van der Waals surface area contributed by atoms with Gasteiger partial charge in [0.15, 0.2) is 0 Å². The molecule has 118 valence electrons. The summed E-state index contributed by atoms with van der Waals surface area (Å²) >= 11 is 3.99. The Morgan fingerprint density at radius 2 is 1.96 bits per heavy atom. The number of ether oxygens (including phenoxy) is 1. The number of hydrogen-bond donors (Lipinski definition) is 0. The maximum Gasteiger partial charge on any atom is 0.140 e. The fourth-order valence-electron chi connectivity index (χ4n) is 2.93. The van der Waals surface area contributed by atoms with Gasteiger partial charge in [-0.15, -0.1) is 11.3 Å². The van der Waals surface area contributed by atoms with Gasteiger partial charge in [0.05, 0.1) is 8.96 Å². The summed E-state index contributed by atoms with van der Waals surface area (Å²) in [5.74, 6) is 2.05. The van der Waals surface area contributed by atoms with E-state index in [2.05, 4.69) is 55.0 Å². The van der Waals surface area contributed by atoms with Gasteiger partial charge in [0.25, 0.3) is 0 Å². The molecule has 1 saturated heterocycles. The lowest BCUT2D eigenvalue weighted by Crippen LogP contribution is -2.38. The van der Waals surface area contributed by atoms with Crippen molar-refractivity contribution in [3.63, 3.8) is 0 Å². The number of piperidine rings is 1. The molecule has 1 fully saturated rings. The van der Waals surface area contributed by atoms with Crippen molar-refractivity contribution < 1.29 is 4.74 Å². The average Bonchev–Trinajstić information content (AvgIpc) is 3.06. The molecule has 0 spiro atoms. The molecule has 0 amide bonds. The van der Waals surface area contributed by atoms with E-state index in [4.69, 9.17) is 4.74 Å². The zero-order chi connectivity index (χ0) is 15.6. The lowest BCUT2D eigenvalue weighted by molar-refractivity contribution is 0.169. The second kappa shape index (κ2) is 6.60. The molecule has 1 aliphatic heterocycles. The van der Waals surface area contributed by atoms with Crippen LogP contribution in [0.1, 0.15) is 12.8 Å². The monoisotopic (exact) mass is 437 g/mol. The first-order valence-corrected chi connectivity index (χ1v) is 9.61. The maximum atomic E-state index is 6.18. The third kappa shape index (κ3) is 3.14. The Labute approximate surface area is 152 Å². The first kappa shape index (κ1) is 15.1. The molecule has 2 aromatic heterocycles. The molecule has 1 aliphatic rings. The summed E-state index contributed by atoms with van der Waals surface area (Å²) in [7, 11) is 0. The molecular weight excluding hydrogens is 421 g/mol. The van der Waals surface area contributed by atoms with E-state index >= 15 is 0 Å². The van der Waals surface area contributed by atoms with E-state index < -0.39 is 0 Å². The van der Waals surface area contributed by atoms with Crippen LogP contribution < -0.4 is 9.64 Å². The van der Waals surface area contributed by atoms with Crippen LogP contribution in [0.15, 0.2) is 42.0 Å². The number of rotatable bonds is 3. The normalized spacial score (nSPS) is 16.0. The summed E-state index contributed by atoms with van der Waals surface area (Å²) in [6, 6.07) is 10.3. The molecule has 0 radical (unpaired) electrons. The third-order valence-corrected chi connectivity index (χ3v) is 5.82. The Bertz CT molecular complexity index is 814. The van der Waals surface area contributed by atoms with Crippen molar-refractivity contribution in [1.29, 1.82) is 0 Å². The van der Waals surface area contributed by atoms with E-state index in [9.17, 15) is 0 Å². The first-order chi connectivity index (χ1) is 11.3. The van der Waals surface area contributed by atoms with Gasteiger partial charge < -0.3 is 9.64 Å². The van der Waals surface area contributed by atoms with Gasteiger partial charge in [-0.1, -0.05) is 12.1 Å². The number of para-hydroxylation sites is 1. The number of fused-ring (bicyclic) bond motifs is 1. The smallest absolute Gasteiger partial charge is 0.140 e. The van der Waals surface area contributed by atoms with Crippen molar-refractivity contribution in [2.75, 3.05) is 18.0 Å². The van der Waals surface area contributed by atoms with Gasteiger partial charge in [0, 0.05) is 25.9 Å². The molecule has 4 rings (SSSR count). The summed E-state index contributed by atoms with van der Waals surface area (Å²) in [5, 5.41) is 3.24. The van der Waals surface area contributed by atoms with Crippen LogP contribution in [0.2, 0.25) is 0 Å². The highest BCUT2D eigenvalue weighted by molar-refractivity contribution is 14.1. The Balaban J connectivity index is 1.45. The van der Waals surface area contributed by atoms with E-state index in [0.717, 1.165) is 47.7 Å². The number of anilines is 1. The second-order valence-electron chi connectivity index (χ2n) is 5.57. The Hall–Kier alpha value is -1.41. The summed E-state index contributed by atoms with van der Waals surface area (Å²) < 4.78 is 7.35. The van der Waals surface area contributed by atoms with Crippen molar-refractivity contribution in [3.05, 3.63) is 45.6 Å². The predicted octanol–water partition coefficient (Wildman–Crippen LogP) is 4.34. The molecule has 3 heterocycles. The number of benzene rings is 1. The third-order valence-electron chi connectivity index (χ3n) is 4.11. The van der Waals surface area contributed by atoms with Crippen LogP contribution >= 0.6 is 33.9 Å². The van der Waals surface area contributed by atoms with Gasteiger partial charge in [-0.25, -0.2) is 9.97 Å². The number of thiophene rings is 1. The van der Waals surface area contributed by atoms with Gasteiger partial charge in [-0.3, -0.25) is 0 Å². The minimum absolute atomic E-state index is 0.280. The maximum absolute atomic E-state index is 6.18. The largest absolute Gasteiger partial charge is 0.489 e. The Morgan fingerprint density at radius 3 is 2.78 bits per heavy atom. The summed E-state index contributed by atoms with van der Waals surface area (Å²) in [6.07, 6.45) is 3.98. The summed E-state index contributed by atoms with van der Waals surface area (Å²) in [4.78, 5) is 12.3.